The van der Waals surface area contributed by atoms with E-state index >= 15 is 0 Å². The Hall–Kier alpha value is -1.73. The van der Waals surface area contributed by atoms with Crippen LogP contribution in [0.4, 0.5) is 0 Å². The van der Waals surface area contributed by atoms with Crippen molar-refractivity contribution in [2.24, 2.45) is 5.92 Å². The van der Waals surface area contributed by atoms with Crippen molar-refractivity contribution in [3.05, 3.63) is 46.5 Å². The average Bonchev–Trinajstić information content (AvgIpc) is 3.32. The normalized spacial score (nSPS) is 20.2. The zero-order chi connectivity index (χ0) is 17.8. The van der Waals surface area contributed by atoms with E-state index in [2.05, 4.69) is 19.2 Å². The number of nitrogens with zero attached hydrogens (tertiary/aromatic N) is 1. The molecule has 0 aromatic carbocycles. The summed E-state index contributed by atoms with van der Waals surface area (Å²) in [7, 11) is 0. The Bertz CT molecular complexity index is 698. The maximum atomic E-state index is 13.0. The fraction of sp³-hybridized carbons (Fsp3) is 0.444. The minimum Gasteiger partial charge on any atom is -0.467 e. The summed E-state index contributed by atoms with van der Waals surface area (Å²) in [4.78, 5) is 28.1. The number of thioether (sulfide) groups is 1. The second-order valence-electron chi connectivity index (χ2n) is 6.42. The second kappa shape index (κ2) is 8.10. The molecule has 7 heteroatoms. The van der Waals surface area contributed by atoms with E-state index in [0.29, 0.717) is 28.9 Å². The lowest BCUT2D eigenvalue weighted by atomic mass is 10.1. The van der Waals surface area contributed by atoms with Gasteiger partial charge in [0, 0.05) is 5.75 Å². The van der Waals surface area contributed by atoms with E-state index in [4.69, 9.17) is 4.42 Å². The summed E-state index contributed by atoms with van der Waals surface area (Å²) in [5, 5.41) is 4.82. The number of furan rings is 1. The van der Waals surface area contributed by atoms with E-state index in [0.717, 1.165) is 6.42 Å². The molecule has 3 heterocycles. The topological polar surface area (TPSA) is 62.6 Å². The van der Waals surface area contributed by atoms with Gasteiger partial charge in [-0.1, -0.05) is 19.9 Å². The van der Waals surface area contributed by atoms with Crippen LogP contribution in [0.3, 0.4) is 0 Å². The average molecular weight is 379 g/mol. The monoisotopic (exact) mass is 378 g/mol. The predicted octanol–water partition coefficient (Wildman–Crippen LogP) is 3.59. The van der Waals surface area contributed by atoms with Gasteiger partial charge in [-0.05, 0) is 35.9 Å². The van der Waals surface area contributed by atoms with E-state index in [1.54, 1.807) is 29.0 Å². The van der Waals surface area contributed by atoms with Gasteiger partial charge in [0.25, 0.3) is 5.91 Å². The molecular formula is C18H22N2O3S2. The van der Waals surface area contributed by atoms with Crippen LogP contribution in [0.25, 0.3) is 0 Å². The highest BCUT2D eigenvalue weighted by molar-refractivity contribution is 8.00. The number of carbonyl (C=O) groups excluding carboxylic acids is 2. The molecule has 1 N–H and O–H groups in total. The lowest BCUT2D eigenvalue weighted by molar-refractivity contribution is -0.125. The van der Waals surface area contributed by atoms with Gasteiger partial charge in [0.1, 0.15) is 11.8 Å². The molecule has 0 bridgehead atoms. The third kappa shape index (κ3) is 4.27. The van der Waals surface area contributed by atoms with Gasteiger partial charge >= 0.3 is 0 Å². The summed E-state index contributed by atoms with van der Waals surface area (Å²) in [6, 6.07) is 6.85. The molecule has 0 aliphatic carbocycles. The number of thiophene rings is 1. The van der Waals surface area contributed by atoms with Crippen LogP contribution >= 0.6 is 23.1 Å². The largest absolute Gasteiger partial charge is 0.467 e. The van der Waals surface area contributed by atoms with Crippen molar-refractivity contribution in [2.45, 2.75) is 38.2 Å². The Labute approximate surface area is 155 Å². The van der Waals surface area contributed by atoms with E-state index in [1.165, 1.54) is 11.3 Å². The third-order valence-electron chi connectivity index (χ3n) is 4.05. The summed E-state index contributed by atoms with van der Waals surface area (Å²) < 4.78 is 5.25. The molecule has 2 atom stereocenters. The van der Waals surface area contributed by atoms with E-state index in [9.17, 15) is 9.59 Å². The fourth-order valence-electron chi connectivity index (χ4n) is 2.86. The lowest BCUT2D eigenvalue weighted by Gasteiger charge is -2.29. The molecule has 3 rings (SSSR count). The van der Waals surface area contributed by atoms with E-state index < -0.39 is 6.04 Å². The summed E-state index contributed by atoms with van der Waals surface area (Å²) in [6.07, 6.45) is 2.46. The Balaban J connectivity index is 1.73. The van der Waals surface area contributed by atoms with Crippen LogP contribution in [-0.2, 0) is 11.3 Å². The molecule has 0 saturated carbocycles. The molecule has 5 nitrogen and oxygen atoms in total. The van der Waals surface area contributed by atoms with Gasteiger partial charge in [-0.25, -0.2) is 0 Å². The zero-order valence-electron chi connectivity index (χ0n) is 14.3. The highest BCUT2D eigenvalue weighted by atomic mass is 32.2. The molecule has 25 heavy (non-hydrogen) atoms. The van der Waals surface area contributed by atoms with Crippen molar-refractivity contribution in [1.29, 1.82) is 0 Å². The van der Waals surface area contributed by atoms with Gasteiger partial charge in [-0.3, -0.25) is 9.59 Å². The summed E-state index contributed by atoms with van der Waals surface area (Å²) >= 11 is 3.11. The number of nitrogens with one attached hydrogen (secondary N) is 1. The molecule has 1 aliphatic rings. The van der Waals surface area contributed by atoms with Crippen molar-refractivity contribution >= 4 is 34.9 Å². The number of carbonyl (C=O) groups is 2. The minimum absolute atomic E-state index is 0.0361. The van der Waals surface area contributed by atoms with Crippen molar-refractivity contribution in [3.63, 3.8) is 0 Å². The molecule has 2 amide bonds. The molecule has 2 aromatic heterocycles. The minimum atomic E-state index is -0.446. The second-order valence-corrected chi connectivity index (χ2v) is 8.58. The van der Waals surface area contributed by atoms with Crippen LogP contribution in [-0.4, -0.2) is 33.9 Å². The quantitative estimate of drug-likeness (QED) is 0.834. The highest BCUT2D eigenvalue weighted by Gasteiger charge is 2.42. The molecule has 2 aromatic rings. The predicted molar refractivity (Wildman–Crippen MR) is 101 cm³/mol. The van der Waals surface area contributed by atoms with E-state index in [1.807, 2.05) is 23.6 Å². The SMILES string of the molecule is CC(C)CC1SCC(C(=O)NCc2ccco2)N1C(=O)c1cccs1. The van der Waals surface area contributed by atoms with Gasteiger partial charge in [0.2, 0.25) is 5.91 Å². The molecule has 2 unspecified atom stereocenters. The van der Waals surface area contributed by atoms with Gasteiger partial charge in [0.05, 0.1) is 23.1 Å². The highest BCUT2D eigenvalue weighted by Crippen LogP contribution is 2.35. The number of hydrogen-bond donors (Lipinski definition) is 1. The Morgan fingerprint density at radius 2 is 2.20 bits per heavy atom. The molecule has 1 saturated heterocycles. The first-order valence-corrected chi connectivity index (χ1v) is 10.3. The fourth-order valence-corrected chi connectivity index (χ4v) is 5.16. The third-order valence-corrected chi connectivity index (χ3v) is 6.22. The molecule has 1 fully saturated rings. The summed E-state index contributed by atoms with van der Waals surface area (Å²) in [6.45, 7) is 4.61. The molecule has 0 spiro atoms. The molecule has 0 radical (unpaired) electrons. The van der Waals surface area contributed by atoms with Crippen LogP contribution in [0, 0.1) is 5.92 Å². The Morgan fingerprint density at radius 1 is 1.36 bits per heavy atom. The number of amides is 2. The van der Waals surface area contributed by atoms with Crippen LogP contribution in [0.1, 0.15) is 35.7 Å². The molecule has 1 aliphatic heterocycles. The van der Waals surface area contributed by atoms with Crippen LogP contribution < -0.4 is 5.32 Å². The van der Waals surface area contributed by atoms with Crippen molar-refractivity contribution < 1.29 is 14.0 Å². The van der Waals surface area contributed by atoms with E-state index in [-0.39, 0.29) is 17.2 Å². The Kier molecular flexibility index (Phi) is 5.86. The number of rotatable bonds is 6. The van der Waals surface area contributed by atoms with Gasteiger partial charge in [-0.2, -0.15) is 0 Å². The van der Waals surface area contributed by atoms with Crippen LogP contribution in [0.15, 0.2) is 40.3 Å². The first-order valence-electron chi connectivity index (χ1n) is 8.34. The zero-order valence-corrected chi connectivity index (χ0v) is 15.9. The van der Waals surface area contributed by atoms with Crippen LogP contribution in [0.5, 0.6) is 0 Å². The lowest BCUT2D eigenvalue weighted by Crippen LogP contribution is -2.49. The van der Waals surface area contributed by atoms with Gasteiger partial charge < -0.3 is 14.6 Å². The van der Waals surface area contributed by atoms with Crippen molar-refractivity contribution in [3.8, 4) is 0 Å². The Morgan fingerprint density at radius 3 is 2.84 bits per heavy atom. The van der Waals surface area contributed by atoms with Crippen molar-refractivity contribution in [1.82, 2.24) is 10.2 Å². The van der Waals surface area contributed by atoms with Crippen molar-refractivity contribution in [2.75, 3.05) is 5.75 Å². The molecular weight excluding hydrogens is 356 g/mol. The smallest absolute Gasteiger partial charge is 0.265 e. The van der Waals surface area contributed by atoms with Gasteiger partial charge in [0.15, 0.2) is 0 Å². The summed E-state index contributed by atoms with van der Waals surface area (Å²) in [5.74, 6) is 1.61. The maximum absolute atomic E-state index is 13.0. The van der Waals surface area contributed by atoms with Crippen LogP contribution in [0.2, 0.25) is 0 Å². The standard InChI is InChI=1S/C18H22N2O3S2/c1-12(2)9-16-20(18(22)15-6-4-8-24-15)14(11-25-16)17(21)19-10-13-5-3-7-23-13/h3-8,12,14,16H,9-11H2,1-2H3,(H,19,21). The first-order chi connectivity index (χ1) is 12.1. The first kappa shape index (κ1) is 18.1. The number of hydrogen-bond acceptors (Lipinski definition) is 5. The summed E-state index contributed by atoms with van der Waals surface area (Å²) in [5.41, 5.74) is 0. The maximum Gasteiger partial charge on any atom is 0.265 e. The molecule has 134 valence electrons. The van der Waals surface area contributed by atoms with Gasteiger partial charge in [-0.15, -0.1) is 23.1 Å².